The number of hydrogen-bond acceptors (Lipinski definition) is 6. The summed E-state index contributed by atoms with van der Waals surface area (Å²) in [6, 6.07) is 12.7. The van der Waals surface area contributed by atoms with Crippen molar-refractivity contribution in [3.63, 3.8) is 0 Å². The molecule has 0 fully saturated rings. The van der Waals surface area contributed by atoms with E-state index in [1.165, 1.54) is 31.2 Å². The largest absolute Gasteiger partial charge is 0.494 e. The molecule has 2 aromatic rings. The number of nitrogens with one attached hydrogen (secondary N) is 2. The first kappa shape index (κ1) is 22.2. The predicted molar refractivity (Wildman–Crippen MR) is 107 cm³/mol. The van der Waals surface area contributed by atoms with Crippen LogP contribution in [-0.4, -0.2) is 32.9 Å². The molecule has 0 spiro atoms. The van der Waals surface area contributed by atoms with Gasteiger partial charge in [0, 0.05) is 5.56 Å². The van der Waals surface area contributed by atoms with Gasteiger partial charge in [0.2, 0.25) is 10.0 Å². The van der Waals surface area contributed by atoms with Gasteiger partial charge in [-0.25, -0.2) is 13.6 Å². The molecule has 29 heavy (non-hydrogen) atoms. The summed E-state index contributed by atoms with van der Waals surface area (Å²) in [5, 5.41) is 5.01. The molecule has 1 atom stereocenters. The molecule has 2 rings (SSSR count). The van der Waals surface area contributed by atoms with Crippen LogP contribution in [0.2, 0.25) is 0 Å². The van der Waals surface area contributed by atoms with E-state index in [0.29, 0.717) is 23.7 Å². The monoisotopic (exact) mass is 421 g/mol. The molecule has 0 aliphatic heterocycles. The highest BCUT2D eigenvalue weighted by atomic mass is 32.2. The maximum absolute atomic E-state index is 12.2. The zero-order chi connectivity index (χ0) is 21.4. The molecule has 0 saturated heterocycles. The minimum Gasteiger partial charge on any atom is -0.494 e. The molecule has 4 N–H and O–H groups in total. The molecule has 9 nitrogen and oxygen atoms in total. The smallest absolute Gasteiger partial charge is 0.279 e. The number of nitrogens with two attached hydrogens (primary N) is 1. The summed E-state index contributed by atoms with van der Waals surface area (Å²) in [6.07, 6.45) is -0.873. The highest BCUT2D eigenvalue weighted by Gasteiger charge is 2.16. The van der Waals surface area contributed by atoms with E-state index in [9.17, 15) is 18.0 Å². The van der Waals surface area contributed by atoms with Gasteiger partial charge in [0.15, 0.2) is 6.10 Å². The molecule has 0 aromatic heterocycles. The molecule has 0 aliphatic rings. The molecule has 0 saturated carbocycles. The molecule has 0 unspecified atom stereocenters. The van der Waals surface area contributed by atoms with E-state index in [1.807, 2.05) is 6.92 Å². The van der Waals surface area contributed by atoms with Gasteiger partial charge in [0.1, 0.15) is 11.5 Å². The number of ether oxygens (including phenoxy) is 2. The van der Waals surface area contributed by atoms with Crippen LogP contribution in [-0.2, 0) is 20.6 Å². The standard InChI is InChI=1S/C19H23N3O6S/c1-3-27-16-7-9-17(10-8-16)28-13(2)18(23)21-22-19(24)15-6-4-5-14(11-15)12-29(20,25)26/h4-11,13H,3,12H2,1-2H3,(H,21,23)(H,22,24)(H2,20,25,26)/t13-/m0/s1. The van der Waals surface area contributed by atoms with Crippen LogP contribution < -0.4 is 25.5 Å². The van der Waals surface area contributed by atoms with Gasteiger partial charge < -0.3 is 9.47 Å². The lowest BCUT2D eigenvalue weighted by Gasteiger charge is -2.15. The van der Waals surface area contributed by atoms with Crippen LogP contribution in [0, 0.1) is 0 Å². The molecule has 0 bridgehead atoms. The van der Waals surface area contributed by atoms with Crippen molar-refractivity contribution < 1.29 is 27.5 Å². The Morgan fingerprint density at radius 2 is 1.72 bits per heavy atom. The Bertz CT molecular complexity index is 960. The molecule has 0 heterocycles. The van der Waals surface area contributed by atoms with Crippen LogP contribution in [0.15, 0.2) is 48.5 Å². The Morgan fingerprint density at radius 3 is 2.34 bits per heavy atom. The molecule has 2 amide bonds. The third-order valence-electron chi connectivity index (χ3n) is 3.67. The van der Waals surface area contributed by atoms with Crippen molar-refractivity contribution >= 4 is 21.8 Å². The van der Waals surface area contributed by atoms with Crippen molar-refractivity contribution in [1.82, 2.24) is 10.9 Å². The number of rotatable bonds is 8. The number of carbonyl (C=O) groups excluding carboxylic acids is 2. The van der Waals surface area contributed by atoms with Gasteiger partial charge in [-0.15, -0.1) is 0 Å². The Labute approximate surface area is 169 Å². The molecule has 2 aromatic carbocycles. The van der Waals surface area contributed by atoms with Crippen LogP contribution in [0.1, 0.15) is 29.8 Å². The lowest BCUT2D eigenvalue weighted by Crippen LogP contribution is -2.47. The van der Waals surface area contributed by atoms with E-state index in [0.717, 1.165) is 0 Å². The van der Waals surface area contributed by atoms with Gasteiger partial charge >= 0.3 is 0 Å². The van der Waals surface area contributed by atoms with Gasteiger partial charge in [-0.2, -0.15) is 0 Å². The van der Waals surface area contributed by atoms with Crippen LogP contribution in [0.3, 0.4) is 0 Å². The van der Waals surface area contributed by atoms with Crippen LogP contribution >= 0.6 is 0 Å². The fourth-order valence-corrected chi connectivity index (χ4v) is 3.01. The van der Waals surface area contributed by atoms with E-state index < -0.39 is 33.7 Å². The molecule has 0 radical (unpaired) electrons. The summed E-state index contributed by atoms with van der Waals surface area (Å²) in [5.74, 6) is -0.407. The molecule has 0 aliphatic carbocycles. The van der Waals surface area contributed by atoms with Crippen molar-refractivity contribution in [3.8, 4) is 11.5 Å². The molecular weight excluding hydrogens is 398 g/mol. The fraction of sp³-hybridized carbons (Fsp3) is 0.263. The van der Waals surface area contributed by atoms with Crippen molar-refractivity contribution in [2.24, 2.45) is 5.14 Å². The van der Waals surface area contributed by atoms with Crippen molar-refractivity contribution in [2.45, 2.75) is 25.7 Å². The zero-order valence-corrected chi connectivity index (χ0v) is 16.9. The maximum Gasteiger partial charge on any atom is 0.279 e. The van der Waals surface area contributed by atoms with Gasteiger partial charge in [-0.1, -0.05) is 12.1 Å². The van der Waals surface area contributed by atoms with Crippen LogP contribution in [0.4, 0.5) is 0 Å². The Kier molecular flexibility index (Phi) is 7.57. The Morgan fingerprint density at radius 1 is 1.07 bits per heavy atom. The van der Waals surface area contributed by atoms with E-state index in [2.05, 4.69) is 10.9 Å². The SMILES string of the molecule is CCOc1ccc(O[C@@H](C)C(=O)NNC(=O)c2cccc(CS(N)(=O)=O)c2)cc1. The quantitative estimate of drug-likeness (QED) is 0.546. The average Bonchev–Trinajstić information content (AvgIpc) is 2.66. The van der Waals surface area contributed by atoms with Crippen LogP contribution in [0.5, 0.6) is 11.5 Å². The van der Waals surface area contributed by atoms with Crippen LogP contribution in [0.25, 0.3) is 0 Å². The van der Waals surface area contributed by atoms with E-state index in [4.69, 9.17) is 14.6 Å². The first-order chi connectivity index (χ1) is 13.7. The summed E-state index contributed by atoms with van der Waals surface area (Å²) in [7, 11) is -3.72. The number of amides is 2. The van der Waals surface area contributed by atoms with Crippen molar-refractivity contribution in [1.29, 1.82) is 0 Å². The number of sulfonamides is 1. The minimum absolute atomic E-state index is 0.173. The van der Waals surface area contributed by atoms with Crippen molar-refractivity contribution in [2.75, 3.05) is 6.61 Å². The number of hydrogen-bond donors (Lipinski definition) is 3. The first-order valence-corrected chi connectivity index (χ1v) is 10.5. The third kappa shape index (κ3) is 7.43. The van der Waals surface area contributed by atoms with Gasteiger partial charge in [-0.3, -0.25) is 20.4 Å². The highest BCUT2D eigenvalue weighted by Crippen LogP contribution is 2.18. The lowest BCUT2D eigenvalue weighted by molar-refractivity contribution is -0.128. The normalized spacial score (nSPS) is 12.0. The second kappa shape index (κ2) is 9.89. The molecular formula is C19H23N3O6S. The van der Waals surface area contributed by atoms with E-state index >= 15 is 0 Å². The highest BCUT2D eigenvalue weighted by molar-refractivity contribution is 7.88. The van der Waals surface area contributed by atoms with E-state index in [1.54, 1.807) is 24.3 Å². The summed E-state index contributed by atoms with van der Waals surface area (Å²) in [6.45, 7) is 3.95. The second-order valence-corrected chi connectivity index (χ2v) is 7.73. The number of primary sulfonamides is 1. The summed E-state index contributed by atoms with van der Waals surface area (Å²) >= 11 is 0. The second-order valence-electron chi connectivity index (χ2n) is 6.12. The maximum atomic E-state index is 12.2. The van der Waals surface area contributed by atoms with Gasteiger partial charge in [0.25, 0.3) is 11.8 Å². The lowest BCUT2D eigenvalue weighted by atomic mass is 10.1. The topological polar surface area (TPSA) is 137 Å². The fourth-order valence-electron chi connectivity index (χ4n) is 2.37. The zero-order valence-electron chi connectivity index (χ0n) is 16.0. The first-order valence-electron chi connectivity index (χ1n) is 8.77. The Hall–Kier alpha value is -3.11. The minimum atomic E-state index is -3.72. The number of benzene rings is 2. The summed E-state index contributed by atoms with van der Waals surface area (Å²) in [4.78, 5) is 24.3. The predicted octanol–water partition coefficient (Wildman–Crippen LogP) is 1.10. The van der Waals surface area contributed by atoms with Gasteiger partial charge in [-0.05, 0) is 55.8 Å². The van der Waals surface area contributed by atoms with E-state index in [-0.39, 0.29) is 5.56 Å². The third-order valence-corrected chi connectivity index (χ3v) is 4.41. The van der Waals surface area contributed by atoms with Crippen molar-refractivity contribution in [3.05, 3.63) is 59.7 Å². The molecule has 10 heteroatoms. The molecule has 156 valence electrons. The number of carbonyl (C=O) groups is 2. The Balaban J connectivity index is 1.89. The summed E-state index contributed by atoms with van der Waals surface area (Å²) in [5.41, 5.74) is 5.06. The van der Waals surface area contributed by atoms with Gasteiger partial charge in [0.05, 0.1) is 12.4 Å². The summed E-state index contributed by atoms with van der Waals surface area (Å²) < 4.78 is 33.2. The average molecular weight is 421 g/mol. The number of hydrazine groups is 1.